The Morgan fingerprint density at radius 3 is 2.89 bits per heavy atom. The van der Waals surface area contributed by atoms with Crippen LogP contribution in [0.3, 0.4) is 0 Å². The molecular weight excluding hydrogens is 318 g/mol. The Morgan fingerprint density at radius 2 is 2.28 bits per heavy atom. The molecule has 5 nitrogen and oxygen atoms in total. The SMILES string of the molecule is CN(C)n1c(SCC(=O)O)nc2cc(Br)ccc21. The zero-order valence-corrected chi connectivity index (χ0v) is 12.3. The van der Waals surface area contributed by atoms with Crippen LogP contribution < -0.4 is 5.01 Å². The summed E-state index contributed by atoms with van der Waals surface area (Å²) in [4.78, 5) is 15.1. The molecular formula is C11H12BrN3O2S. The van der Waals surface area contributed by atoms with Crippen LogP contribution in [0.25, 0.3) is 11.0 Å². The summed E-state index contributed by atoms with van der Waals surface area (Å²) in [5, 5.41) is 11.3. The summed E-state index contributed by atoms with van der Waals surface area (Å²) in [6, 6.07) is 5.81. The predicted molar refractivity (Wildman–Crippen MR) is 75.9 cm³/mol. The molecule has 7 heteroatoms. The standard InChI is InChI=1S/C11H12BrN3O2S/c1-14(2)15-9-4-3-7(12)5-8(9)13-11(15)18-6-10(16)17/h3-5H,6H2,1-2H3,(H,16,17). The molecule has 96 valence electrons. The summed E-state index contributed by atoms with van der Waals surface area (Å²) in [6.45, 7) is 0. The number of thioether (sulfide) groups is 1. The normalized spacial score (nSPS) is 10.8. The summed E-state index contributed by atoms with van der Waals surface area (Å²) in [7, 11) is 3.79. The van der Waals surface area contributed by atoms with Gasteiger partial charge in [0.05, 0.1) is 16.8 Å². The monoisotopic (exact) mass is 329 g/mol. The van der Waals surface area contributed by atoms with E-state index < -0.39 is 5.97 Å². The zero-order valence-electron chi connectivity index (χ0n) is 9.92. The van der Waals surface area contributed by atoms with Gasteiger partial charge in [-0.05, 0) is 18.2 Å². The molecule has 0 bridgehead atoms. The highest BCUT2D eigenvalue weighted by atomic mass is 79.9. The summed E-state index contributed by atoms with van der Waals surface area (Å²) in [5.74, 6) is -0.850. The molecule has 0 aliphatic rings. The van der Waals surface area contributed by atoms with Gasteiger partial charge in [-0.2, -0.15) is 0 Å². The highest BCUT2D eigenvalue weighted by molar-refractivity contribution is 9.10. The lowest BCUT2D eigenvalue weighted by Crippen LogP contribution is -2.25. The Hall–Kier alpha value is -1.21. The van der Waals surface area contributed by atoms with E-state index in [-0.39, 0.29) is 5.75 Å². The number of fused-ring (bicyclic) bond motifs is 1. The average molecular weight is 330 g/mol. The minimum absolute atomic E-state index is 0.00166. The smallest absolute Gasteiger partial charge is 0.313 e. The summed E-state index contributed by atoms with van der Waals surface area (Å²) in [6.07, 6.45) is 0. The van der Waals surface area contributed by atoms with Gasteiger partial charge in [0.1, 0.15) is 0 Å². The maximum absolute atomic E-state index is 10.6. The molecule has 0 saturated heterocycles. The van der Waals surface area contributed by atoms with E-state index in [1.807, 2.05) is 42.0 Å². The van der Waals surface area contributed by atoms with Gasteiger partial charge >= 0.3 is 5.97 Å². The molecule has 2 rings (SSSR count). The number of rotatable bonds is 4. The number of halogens is 1. The Labute approximate surface area is 117 Å². The van der Waals surface area contributed by atoms with Crippen LogP contribution in [0, 0.1) is 0 Å². The summed E-state index contributed by atoms with van der Waals surface area (Å²) < 4.78 is 2.85. The number of carbonyl (C=O) groups is 1. The van der Waals surface area contributed by atoms with E-state index in [9.17, 15) is 4.79 Å². The van der Waals surface area contributed by atoms with Crippen LogP contribution in [-0.2, 0) is 4.79 Å². The van der Waals surface area contributed by atoms with Crippen molar-refractivity contribution < 1.29 is 9.90 Å². The van der Waals surface area contributed by atoms with E-state index in [1.54, 1.807) is 0 Å². The van der Waals surface area contributed by atoms with Gasteiger partial charge in [0, 0.05) is 18.6 Å². The van der Waals surface area contributed by atoms with Crippen LogP contribution in [0.2, 0.25) is 0 Å². The van der Waals surface area contributed by atoms with E-state index in [2.05, 4.69) is 20.9 Å². The first-order valence-corrected chi connectivity index (χ1v) is 6.97. The van der Waals surface area contributed by atoms with E-state index in [1.165, 1.54) is 11.8 Å². The molecule has 0 fully saturated rings. The van der Waals surface area contributed by atoms with Gasteiger partial charge in [-0.15, -0.1) is 0 Å². The van der Waals surface area contributed by atoms with E-state index in [0.717, 1.165) is 15.5 Å². The second-order valence-corrected chi connectivity index (χ2v) is 5.73. The van der Waals surface area contributed by atoms with Crippen molar-refractivity contribution in [3.05, 3.63) is 22.7 Å². The van der Waals surface area contributed by atoms with Crippen LogP contribution in [0.15, 0.2) is 27.8 Å². The molecule has 0 amide bonds. The third-order valence-corrected chi connectivity index (χ3v) is 3.69. The number of carboxylic acid groups (broad SMARTS) is 1. The van der Waals surface area contributed by atoms with E-state index in [0.29, 0.717) is 5.16 Å². The van der Waals surface area contributed by atoms with Gasteiger partial charge in [-0.3, -0.25) is 4.79 Å². The number of imidazole rings is 1. The highest BCUT2D eigenvalue weighted by Gasteiger charge is 2.14. The number of aromatic nitrogens is 2. The van der Waals surface area contributed by atoms with Crippen molar-refractivity contribution in [2.24, 2.45) is 0 Å². The quantitative estimate of drug-likeness (QED) is 0.871. The van der Waals surface area contributed by atoms with Crippen LogP contribution in [0.4, 0.5) is 0 Å². The Bertz CT molecular complexity index is 597. The topological polar surface area (TPSA) is 58.4 Å². The molecule has 2 aromatic rings. The molecule has 0 radical (unpaired) electrons. The van der Waals surface area contributed by atoms with Crippen LogP contribution in [0.1, 0.15) is 0 Å². The second kappa shape index (κ2) is 5.19. The average Bonchev–Trinajstić information content (AvgIpc) is 2.63. The van der Waals surface area contributed by atoms with Crippen LogP contribution in [0.5, 0.6) is 0 Å². The molecule has 0 saturated carbocycles. The first-order valence-electron chi connectivity index (χ1n) is 5.19. The maximum Gasteiger partial charge on any atom is 0.313 e. The summed E-state index contributed by atoms with van der Waals surface area (Å²) >= 11 is 4.61. The number of nitrogens with zero attached hydrogens (tertiary/aromatic N) is 3. The van der Waals surface area contributed by atoms with Gasteiger partial charge < -0.3 is 10.1 Å². The maximum atomic E-state index is 10.6. The Balaban J connectivity index is 2.50. The second-order valence-electron chi connectivity index (χ2n) is 3.87. The van der Waals surface area contributed by atoms with Crippen LogP contribution in [-0.4, -0.2) is 40.6 Å². The van der Waals surface area contributed by atoms with Crippen LogP contribution >= 0.6 is 27.7 Å². The molecule has 1 heterocycles. The number of carboxylic acids is 1. The predicted octanol–water partition coefficient (Wildman–Crippen LogP) is 2.17. The third-order valence-electron chi connectivity index (χ3n) is 2.29. The molecule has 0 unspecified atom stereocenters. The molecule has 18 heavy (non-hydrogen) atoms. The molecule has 0 aliphatic heterocycles. The van der Waals surface area contributed by atoms with Crippen molar-refractivity contribution in [1.29, 1.82) is 0 Å². The fourth-order valence-electron chi connectivity index (χ4n) is 1.62. The minimum Gasteiger partial charge on any atom is -0.481 e. The first kappa shape index (κ1) is 13.2. The number of hydrogen-bond donors (Lipinski definition) is 1. The number of benzene rings is 1. The molecule has 0 atom stereocenters. The molecule has 0 spiro atoms. The van der Waals surface area contributed by atoms with E-state index >= 15 is 0 Å². The van der Waals surface area contributed by atoms with E-state index in [4.69, 9.17) is 5.11 Å². The van der Waals surface area contributed by atoms with Gasteiger partial charge in [-0.25, -0.2) is 9.66 Å². The molecule has 1 aromatic carbocycles. The number of aliphatic carboxylic acids is 1. The number of hydrogen-bond acceptors (Lipinski definition) is 4. The van der Waals surface area contributed by atoms with Gasteiger partial charge in [0.15, 0.2) is 5.16 Å². The van der Waals surface area contributed by atoms with Crippen molar-refractivity contribution in [3.8, 4) is 0 Å². The van der Waals surface area contributed by atoms with Crippen molar-refractivity contribution in [2.45, 2.75) is 5.16 Å². The Morgan fingerprint density at radius 1 is 1.56 bits per heavy atom. The molecule has 1 aromatic heterocycles. The van der Waals surface area contributed by atoms with Crippen molar-refractivity contribution in [3.63, 3.8) is 0 Å². The van der Waals surface area contributed by atoms with Gasteiger partial charge in [0.25, 0.3) is 0 Å². The van der Waals surface area contributed by atoms with Gasteiger partial charge in [0.2, 0.25) is 0 Å². The first-order chi connectivity index (χ1) is 8.49. The third kappa shape index (κ3) is 2.62. The fourth-order valence-corrected chi connectivity index (χ4v) is 2.77. The summed E-state index contributed by atoms with van der Waals surface area (Å²) in [5.41, 5.74) is 1.79. The van der Waals surface area contributed by atoms with Crippen molar-refractivity contribution in [1.82, 2.24) is 9.66 Å². The molecule has 1 N–H and O–H groups in total. The van der Waals surface area contributed by atoms with Gasteiger partial charge in [-0.1, -0.05) is 27.7 Å². The minimum atomic E-state index is -0.849. The fraction of sp³-hybridized carbons (Fsp3) is 0.273. The highest BCUT2D eigenvalue weighted by Crippen LogP contribution is 2.26. The van der Waals surface area contributed by atoms with Crippen molar-refractivity contribution >= 4 is 44.7 Å². The molecule has 0 aliphatic carbocycles. The lowest BCUT2D eigenvalue weighted by molar-refractivity contribution is -0.133. The van der Waals surface area contributed by atoms with Crippen molar-refractivity contribution in [2.75, 3.05) is 24.9 Å². The largest absolute Gasteiger partial charge is 0.481 e. The lowest BCUT2D eigenvalue weighted by atomic mass is 10.3. The Kier molecular flexibility index (Phi) is 3.82. The lowest BCUT2D eigenvalue weighted by Gasteiger charge is -2.17. The zero-order chi connectivity index (χ0) is 13.3.